The Morgan fingerprint density at radius 3 is 2.59 bits per heavy atom. The van der Waals surface area contributed by atoms with Crippen LogP contribution >= 0.6 is 24.0 Å². The first-order valence-electron chi connectivity index (χ1n) is 8.01. The number of nitrogens with zero attached hydrogens (tertiary/aromatic N) is 4. The Labute approximate surface area is 172 Å². The molecule has 2 rings (SSSR count). The van der Waals surface area contributed by atoms with Crippen LogP contribution in [0.3, 0.4) is 0 Å². The highest BCUT2D eigenvalue weighted by Crippen LogP contribution is 2.17. The standard InChI is InChI=1S/C16H21F3N6O.HI/c1-3-20-15(23-10-13-6-7-24-25(13)2)22-9-12-4-5-14(21-8-12)26-11-16(17,18)19;/h4-8H,3,9-11H2,1-2H3,(H2,20,22,23);1H. The summed E-state index contributed by atoms with van der Waals surface area (Å²) in [5, 5.41) is 10.4. The van der Waals surface area contributed by atoms with Crippen molar-refractivity contribution in [2.75, 3.05) is 13.2 Å². The number of ether oxygens (including phenoxy) is 1. The van der Waals surface area contributed by atoms with Crippen molar-refractivity contribution in [1.29, 1.82) is 0 Å². The molecule has 0 saturated carbocycles. The van der Waals surface area contributed by atoms with Crippen LogP contribution < -0.4 is 15.4 Å². The maximum atomic E-state index is 12.1. The van der Waals surface area contributed by atoms with Crippen molar-refractivity contribution in [2.45, 2.75) is 26.2 Å². The zero-order chi connectivity index (χ0) is 19.0. The molecule has 2 N–H and O–H groups in total. The molecule has 0 unspecified atom stereocenters. The summed E-state index contributed by atoms with van der Waals surface area (Å²) in [5.74, 6) is 0.544. The van der Waals surface area contributed by atoms with E-state index in [1.807, 2.05) is 20.0 Å². The Morgan fingerprint density at radius 2 is 2.04 bits per heavy atom. The van der Waals surface area contributed by atoms with Gasteiger partial charge >= 0.3 is 6.18 Å². The van der Waals surface area contributed by atoms with Crippen LogP contribution in [0.1, 0.15) is 18.2 Å². The summed E-state index contributed by atoms with van der Waals surface area (Å²) in [7, 11) is 1.86. The molecule has 2 aromatic heterocycles. The molecule has 7 nitrogen and oxygen atoms in total. The molecule has 150 valence electrons. The third kappa shape index (κ3) is 8.45. The lowest BCUT2D eigenvalue weighted by Gasteiger charge is -2.11. The molecule has 0 spiro atoms. The van der Waals surface area contributed by atoms with Crippen LogP contribution in [-0.2, 0) is 20.1 Å². The number of guanidine groups is 1. The van der Waals surface area contributed by atoms with Crippen molar-refractivity contribution >= 4 is 29.9 Å². The van der Waals surface area contributed by atoms with Gasteiger partial charge in [-0.2, -0.15) is 18.3 Å². The van der Waals surface area contributed by atoms with Crippen LogP contribution in [0.25, 0.3) is 0 Å². The van der Waals surface area contributed by atoms with Crippen molar-refractivity contribution in [3.8, 4) is 5.88 Å². The van der Waals surface area contributed by atoms with Gasteiger partial charge in [0.05, 0.1) is 18.8 Å². The zero-order valence-electron chi connectivity index (χ0n) is 15.0. The lowest BCUT2D eigenvalue weighted by atomic mass is 10.3. The number of hydrogen-bond acceptors (Lipinski definition) is 4. The van der Waals surface area contributed by atoms with E-state index in [1.165, 1.54) is 12.3 Å². The fourth-order valence-corrected chi connectivity index (χ4v) is 2.01. The summed E-state index contributed by atoms with van der Waals surface area (Å²) in [6, 6.07) is 4.93. The highest BCUT2D eigenvalue weighted by atomic mass is 127. The van der Waals surface area contributed by atoms with E-state index in [0.29, 0.717) is 25.6 Å². The number of nitrogens with one attached hydrogen (secondary N) is 2. The highest BCUT2D eigenvalue weighted by molar-refractivity contribution is 14.0. The van der Waals surface area contributed by atoms with E-state index < -0.39 is 12.8 Å². The average Bonchev–Trinajstić information content (AvgIpc) is 3.01. The molecule has 0 aliphatic heterocycles. The van der Waals surface area contributed by atoms with Crippen LogP contribution in [0.2, 0.25) is 0 Å². The van der Waals surface area contributed by atoms with Gasteiger partial charge in [-0.15, -0.1) is 24.0 Å². The molecule has 0 atom stereocenters. The fraction of sp³-hybridized carbons (Fsp3) is 0.438. The Morgan fingerprint density at radius 1 is 1.26 bits per heavy atom. The first kappa shape index (κ1) is 23.0. The number of hydrogen-bond donors (Lipinski definition) is 2. The summed E-state index contributed by atoms with van der Waals surface area (Å²) in [6.07, 6.45) is -1.22. The third-order valence-electron chi connectivity index (χ3n) is 3.30. The van der Waals surface area contributed by atoms with Crippen molar-refractivity contribution in [3.05, 3.63) is 41.9 Å². The predicted octanol–water partition coefficient (Wildman–Crippen LogP) is 2.63. The van der Waals surface area contributed by atoms with Gasteiger partial charge in [-0.05, 0) is 18.6 Å². The number of aromatic nitrogens is 3. The number of alkyl halides is 3. The minimum atomic E-state index is -4.38. The van der Waals surface area contributed by atoms with Gasteiger partial charge in [-0.3, -0.25) is 4.68 Å². The predicted molar refractivity (Wildman–Crippen MR) is 106 cm³/mol. The molecule has 0 radical (unpaired) electrons. The number of aryl methyl sites for hydroxylation is 1. The molecule has 2 heterocycles. The van der Waals surface area contributed by atoms with E-state index in [-0.39, 0.29) is 29.9 Å². The van der Waals surface area contributed by atoms with Crippen LogP contribution in [0.4, 0.5) is 13.2 Å². The molecule has 0 aromatic carbocycles. The highest BCUT2D eigenvalue weighted by Gasteiger charge is 2.28. The Balaban J connectivity index is 0.00000364. The van der Waals surface area contributed by atoms with Crippen LogP contribution in [0, 0.1) is 0 Å². The molecular formula is C16H22F3IN6O. The molecule has 11 heteroatoms. The van der Waals surface area contributed by atoms with Crippen LogP contribution in [0.15, 0.2) is 35.6 Å². The van der Waals surface area contributed by atoms with Gasteiger partial charge in [0.15, 0.2) is 12.6 Å². The number of halogens is 4. The number of aliphatic imine (C=N–C) groups is 1. The van der Waals surface area contributed by atoms with Crippen molar-refractivity contribution in [3.63, 3.8) is 0 Å². The SMILES string of the molecule is CCNC(=NCc1ccc(OCC(F)(F)F)nc1)NCc1ccnn1C.I. The molecule has 0 bridgehead atoms. The van der Waals surface area contributed by atoms with Gasteiger partial charge in [0.1, 0.15) is 0 Å². The zero-order valence-corrected chi connectivity index (χ0v) is 17.3. The quantitative estimate of drug-likeness (QED) is 0.349. The maximum absolute atomic E-state index is 12.1. The molecule has 0 saturated heterocycles. The minimum absolute atomic E-state index is 0. The maximum Gasteiger partial charge on any atom is 0.422 e. The van der Waals surface area contributed by atoms with Gasteiger partial charge in [0.2, 0.25) is 5.88 Å². The Hall–Kier alpha value is -2.05. The minimum Gasteiger partial charge on any atom is -0.468 e. The lowest BCUT2D eigenvalue weighted by Crippen LogP contribution is -2.37. The first-order chi connectivity index (χ1) is 12.4. The summed E-state index contributed by atoms with van der Waals surface area (Å²) in [4.78, 5) is 8.29. The molecule has 2 aromatic rings. The first-order valence-corrected chi connectivity index (χ1v) is 8.01. The van der Waals surface area contributed by atoms with Gasteiger partial charge < -0.3 is 15.4 Å². The van der Waals surface area contributed by atoms with Crippen LogP contribution in [0.5, 0.6) is 5.88 Å². The van der Waals surface area contributed by atoms with Crippen LogP contribution in [-0.4, -0.2) is 40.1 Å². The molecule has 0 aliphatic rings. The molecular weight excluding hydrogens is 476 g/mol. The van der Waals surface area contributed by atoms with E-state index in [4.69, 9.17) is 0 Å². The summed E-state index contributed by atoms with van der Waals surface area (Å²) >= 11 is 0. The van der Waals surface area contributed by atoms with E-state index in [2.05, 4.69) is 30.4 Å². The van der Waals surface area contributed by atoms with E-state index in [1.54, 1.807) is 16.9 Å². The largest absolute Gasteiger partial charge is 0.468 e. The summed E-state index contributed by atoms with van der Waals surface area (Å²) in [6.45, 7) is 2.17. The molecule has 0 fully saturated rings. The molecule has 0 aliphatic carbocycles. The number of pyridine rings is 1. The second-order valence-electron chi connectivity index (χ2n) is 5.40. The third-order valence-corrected chi connectivity index (χ3v) is 3.30. The fourth-order valence-electron chi connectivity index (χ4n) is 2.01. The topological polar surface area (TPSA) is 76.4 Å². The van der Waals surface area contributed by atoms with Gasteiger partial charge in [0.25, 0.3) is 0 Å². The van der Waals surface area contributed by atoms with Crippen molar-refractivity contribution < 1.29 is 17.9 Å². The van der Waals surface area contributed by atoms with Gasteiger partial charge in [0, 0.05) is 32.1 Å². The molecule has 27 heavy (non-hydrogen) atoms. The normalized spacial score (nSPS) is 11.7. The van der Waals surface area contributed by atoms with Gasteiger partial charge in [-0.1, -0.05) is 6.07 Å². The lowest BCUT2D eigenvalue weighted by molar-refractivity contribution is -0.154. The second-order valence-corrected chi connectivity index (χ2v) is 5.40. The van der Waals surface area contributed by atoms with Gasteiger partial charge in [-0.25, -0.2) is 9.98 Å². The summed E-state index contributed by atoms with van der Waals surface area (Å²) < 4.78 is 42.7. The van der Waals surface area contributed by atoms with Crippen molar-refractivity contribution in [1.82, 2.24) is 25.4 Å². The Kier molecular flexibility index (Phi) is 9.32. The summed E-state index contributed by atoms with van der Waals surface area (Å²) in [5.41, 5.74) is 1.76. The monoisotopic (exact) mass is 498 g/mol. The average molecular weight is 498 g/mol. The second kappa shape index (κ2) is 10.9. The Bertz CT molecular complexity index is 718. The van der Waals surface area contributed by atoms with E-state index >= 15 is 0 Å². The smallest absolute Gasteiger partial charge is 0.422 e. The van der Waals surface area contributed by atoms with Crippen molar-refractivity contribution in [2.24, 2.45) is 12.0 Å². The van der Waals surface area contributed by atoms with E-state index in [0.717, 1.165) is 11.3 Å². The molecule has 0 amide bonds. The van der Waals surface area contributed by atoms with E-state index in [9.17, 15) is 13.2 Å². The number of rotatable bonds is 7.